The zero-order valence-electron chi connectivity index (χ0n) is 12.9. The molecule has 2 rings (SSSR count). The number of rotatable bonds is 8. The van der Waals surface area contributed by atoms with Gasteiger partial charge in [0.15, 0.2) is 0 Å². The van der Waals surface area contributed by atoms with E-state index in [4.69, 9.17) is 14.2 Å². The molecule has 1 saturated carbocycles. The molecule has 1 aromatic rings. The van der Waals surface area contributed by atoms with Crippen molar-refractivity contribution in [3.63, 3.8) is 0 Å². The SMILES string of the molecule is CCOCC(=O)N(Cc1cc(OC)ccc1OC)C1CC1. The predicted molar refractivity (Wildman–Crippen MR) is 79.6 cm³/mol. The quantitative estimate of drug-likeness (QED) is 0.737. The van der Waals surface area contributed by atoms with Crippen molar-refractivity contribution >= 4 is 5.91 Å². The van der Waals surface area contributed by atoms with Crippen LogP contribution >= 0.6 is 0 Å². The van der Waals surface area contributed by atoms with E-state index in [2.05, 4.69) is 0 Å². The van der Waals surface area contributed by atoms with Gasteiger partial charge >= 0.3 is 0 Å². The number of nitrogens with zero attached hydrogens (tertiary/aromatic N) is 1. The summed E-state index contributed by atoms with van der Waals surface area (Å²) in [5.74, 6) is 1.56. The van der Waals surface area contributed by atoms with Crippen molar-refractivity contribution in [1.82, 2.24) is 4.90 Å². The number of carbonyl (C=O) groups is 1. The first-order chi connectivity index (χ1) is 10.2. The van der Waals surface area contributed by atoms with Crippen LogP contribution in [0, 0.1) is 0 Å². The average Bonchev–Trinajstić information content (AvgIpc) is 3.34. The van der Waals surface area contributed by atoms with E-state index in [0.717, 1.165) is 29.9 Å². The Labute approximate surface area is 125 Å². The molecule has 0 saturated heterocycles. The molecule has 0 atom stereocenters. The third kappa shape index (κ3) is 4.11. The molecule has 1 aliphatic rings. The van der Waals surface area contributed by atoms with Gasteiger partial charge < -0.3 is 19.1 Å². The number of hydrogen-bond donors (Lipinski definition) is 0. The van der Waals surface area contributed by atoms with Crippen LogP contribution in [0.4, 0.5) is 0 Å². The molecule has 116 valence electrons. The molecule has 0 radical (unpaired) electrons. The Morgan fingerprint density at radius 1 is 1.29 bits per heavy atom. The van der Waals surface area contributed by atoms with Gasteiger partial charge in [-0.3, -0.25) is 4.79 Å². The van der Waals surface area contributed by atoms with E-state index < -0.39 is 0 Å². The molecule has 21 heavy (non-hydrogen) atoms. The Kier molecular flexibility index (Phi) is 5.44. The molecule has 5 heteroatoms. The maximum atomic E-state index is 12.3. The molecule has 0 N–H and O–H groups in total. The van der Waals surface area contributed by atoms with Gasteiger partial charge in [0.05, 0.1) is 14.2 Å². The minimum atomic E-state index is 0.0317. The van der Waals surface area contributed by atoms with Crippen LogP contribution in [0.3, 0.4) is 0 Å². The molecular formula is C16H23NO4. The first kappa shape index (κ1) is 15.6. The van der Waals surface area contributed by atoms with Crippen LogP contribution in [0.1, 0.15) is 25.3 Å². The van der Waals surface area contributed by atoms with Crippen LogP contribution in [0.25, 0.3) is 0 Å². The summed E-state index contributed by atoms with van der Waals surface area (Å²) in [6.45, 7) is 3.10. The second-order valence-corrected chi connectivity index (χ2v) is 5.07. The van der Waals surface area contributed by atoms with Gasteiger partial charge in [-0.25, -0.2) is 0 Å². The molecular weight excluding hydrogens is 270 g/mol. The molecule has 5 nitrogen and oxygen atoms in total. The van der Waals surface area contributed by atoms with Crippen molar-refractivity contribution < 1.29 is 19.0 Å². The lowest BCUT2D eigenvalue weighted by molar-refractivity contribution is -0.137. The Bertz CT molecular complexity index is 485. The number of methoxy groups -OCH3 is 2. The summed E-state index contributed by atoms with van der Waals surface area (Å²) in [6, 6.07) is 5.97. The third-order valence-electron chi connectivity index (χ3n) is 3.57. The summed E-state index contributed by atoms with van der Waals surface area (Å²) in [5, 5.41) is 0. The van der Waals surface area contributed by atoms with Crippen molar-refractivity contribution in [2.75, 3.05) is 27.4 Å². The minimum absolute atomic E-state index is 0.0317. The largest absolute Gasteiger partial charge is 0.497 e. The lowest BCUT2D eigenvalue weighted by atomic mass is 10.1. The lowest BCUT2D eigenvalue weighted by Crippen LogP contribution is -2.35. The molecule has 0 spiro atoms. The van der Waals surface area contributed by atoms with Crippen LogP contribution in [0.5, 0.6) is 11.5 Å². The van der Waals surface area contributed by atoms with E-state index in [1.807, 2.05) is 30.0 Å². The monoisotopic (exact) mass is 293 g/mol. The van der Waals surface area contributed by atoms with Crippen LogP contribution in [0.2, 0.25) is 0 Å². The molecule has 1 aromatic carbocycles. The Morgan fingerprint density at radius 3 is 2.62 bits per heavy atom. The fraction of sp³-hybridized carbons (Fsp3) is 0.562. The lowest BCUT2D eigenvalue weighted by Gasteiger charge is -2.23. The van der Waals surface area contributed by atoms with Gasteiger partial charge in [0.2, 0.25) is 5.91 Å². The van der Waals surface area contributed by atoms with E-state index in [1.165, 1.54) is 0 Å². The highest BCUT2D eigenvalue weighted by molar-refractivity contribution is 5.78. The topological polar surface area (TPSA) is 48.0 Å². The standard InChI is InChI=1S/C16H23NO4/c1-4-21-11-16(18)17(13-5-6-13)10-12-9-14(19-2)7-8-15(12)20-3/h7-9,13H,4-6,10-11H2,1-3H3. The fourth-order valence-electron chi connectivity index (χ4n) is 2.27. The normalized spacial score (nSPS) is 13.9. The van der Waals surface area contributed by atoms with E-state index in [9.17, 15) is 4.79 Å². The molecule has 0 unspecified atom stereocenters. The van der Waals surface area contributed by atoms with Gasteiger partial charge in [-0.15, -0.1) is 0 Å². The number of hydrogen-bond acceptors (Lipinski definition) is 4. The maximum absolute atomic E-state index is 12.3. The molecule has 0 aromatic heterocycles. The van der Waals surface area contributed by atoms with E-state index in [1.54, 1.807) is 14.2 Å². The highest BCUT2D eigenvalue weighted by atomic mass is 16.5. The first-order valence-corrected chi connectivity index (χ1v) is 7.27. The molecule has 1 aliphatic carbocycles. The predicted octanol–water partition coefficient (Wildman–Crippen LogP) is 2.23. The molecule has 0 heterocycles. The Hall–Kier alpha value is -1.75. The molecule has 1 amide bonds. The van der Waals surface area contributed by atoms with Crippen LogP contribution in [-0.4, -0.2) is 44.3 Å². The number of benzene rings is 1. The second kappa shape index (κ2) is 7.31. The van der Waals surface area contributed by atoms with Crippen molar-refractivity contribution in [3.05, 3.63) is 23.8 Å². The summed E-state index contributed by atoms with van der Waals surface area (Å²) < 4.78 is 15.9. The summed E-state index contributed by atoms with van der Waals surface area (Å²) in [6.07, 6.45) is 2.12. The zero-order valence-corrected chi connectivity index (χ0v) is 12.9. The minimum Gasteiger partial charge on any atom is -0.497 e. The van der Waals surface area contributed by atoms with Crippen LogP contribution in [-0.2, 0) is 16.1 Å². The van der Waals surface area contributed by atoms with Gasteiger partial charge in [-0.2, -0.15) is 0 Å². The number of amides is 1. The molecule has 0 aliphatic heterocycles. The zero-order chi connectivity index (χ0) is 15.2. The van der Waals surface area contributed by atoms with Gasteiger partial charge in [-0.1, -0.05) is 0 Å². The van der Waals surface area contributed by atoms with Crippen LogP contribution in [0.15, 0.2) is 18.2 Å². The van der Waals surface area contributed by atoms with Gasteiger partial charge in [-0.05, 0) is 38.0 Å². The van der Waals surface area contributed by atoms with Gasteiger partial charge in [0.25, 0.3) is 0 Å². The van der Waals surface area contributed by atoms with Crippen molar-refractivity contribution in [1.29, 1.82) is 0 Å². The third-order valence-corrected chi connectivity index (χ3v) is 3.57. The first-order valence-electron chi connectivity index (χ1n) is 7.27. The molecule has 0 bridgehead atoms. The highest BCUT2D eigenvalue weighted by Crippen LogP contribution is 2.32. The summed E-state index contributed by atoms with van der Waals surface area (Å²) in [5.41, 5.74) is 0.952. The number of ether oxygens (including phenoxy) is 3. The molecule has 1 fully saturated rings. The second-order valence-electron chi connectivity index (χ2n) is 5.07. The van der Waals surface area contributed by atoms with Crippen molar-refractivity contribution in [3.8, 4) is 11.5 Å². The number of carbonyl (C=O) groups excluding carboxylic acids is 1. The van der Waals surface area contributed by atoms with Gasteiger partial charge in [0.1, 0.15) is 18.1 Å². The van der Waals surface area contributed by atoms with E-state index in [-0.39, 0.29) is 12.5 Å². The van der Waals surface area contributed by atoms with Gasteiger partial charge in [0, 0.05) is 24.8 Å². The highest BCUT2D eigenvalue weighted by Gasteiger charge is 2.33. The Balaban J connectivity index is 2.14. The average molecular weight is 293 g/mol. The summed E-state index contributed by atoms with van der Waals surface area (Å²) in [4.78, 5) is 14.2. The summed E-state index contributed by atoms with van der Waals surface area (Å²) >= 11 is 0. The maximum Gasteiger partial charge on any atom is 0.249 e. The van der Waals surface area contributed by atoms with Crippen molar-refractivity contribution in [2.24, 2.45) is 0 Å². The fourth-order valence-corrected chi connectivity index (χ4v) is 2.27. The smallest absolute Gasteiger partial charge is 0.249 e. The van der Waals surface area contributed by atoms with E-state index >= 15 is 0 Å². The van der Waals surface area contributed by atoms with E-state index in [0.29, 0.717) is 19.2 Å². The van der Waals surface area contributed by atoms with Crippen molar-refractivity contribution in [2.45, 2.75) is 32.4 Å². The Morgan fingerprint density at radius 2 is 2.05 bits per heavy atom. The van der Waals surface area contributed by atoms with Crippen LogP contribution < -0.4 is 9.47 Å². The summed E-state index contributed by atoms with van der Waals surface area (Å²) in [7, 11) is 3.26.